The van der Waals surface area contributed by atoms with E-state index in [4.69, 9.17) is 5.73 Å². The zero-order valence-corrected chi connectivity index (χ0v) is 13.1. The highest BCUT2D eigenvalue weighted by atomic mass is 79.9. The molecule has 19 heavy (non-hydrogen) atoms. The lowest BCUT2D eigenvalue weighted by Gasteiger charge is -2.19. The molecular formula is C13H12Br2F2N2. The summed E-state index contributed by atoms with van der Waals surface area (Å²) in [6.45, 7) is 0. The summed E-state index contributed by atoms with van der Waals surface area (Å²) >= 11 is 6.80. The topological polar surface area (TPSA) is 38.4 Å². The Bertz CT molecular complexity index is 535. The van der Waals surface area contributed by atoms with Crippen LogP contribution in [0.15, 0.2) is 33.4 Å². The lowest BCUT2D eigenvalue weighted by molar-refractivity contribution is 0.577. The van der Waals surface area contributed by atoms with Gasteiger partial charge in [0, 0.05) is 17.0 Å². The van der Waals surface area contributed by atoms with Crippen LogP contribution in [-0.2, 0) is 6.42 Å². The summed E-state index contributed by atoms with van der Waals surface area (Å²) in [7, 11) is 0. The van der Waals surface area contributed by atoms with E-state index in [9.17, 15) is 8.78 Å². The van der Waals surface area contributed by atoms with Crippen LogP contribution in [0.1, 0.15) is 18.4 Å². The van der Waals surface area contributed by atoms with Crippen molar-refractivity contribution >= 4 is 36.5 Å². The summed E-state index contributed by atoms with van der Waals surface area (Å²) in [6.07, 6.45) is 1.99. The maximum atomic E-state index is 13.1. The van der Waals surface area contributed by atoms with Crippen molar-refractivity contribution in [2.24, 2.45) is 10.7 Å². The van der Waals surface area contributed by atoms with Gasteiger partial charge < -0.3 is 5.73 Å². The van der Waals surface area contributed by atoms with Crippen molar-refractivity contribution in [1.82, 2.24) is 0 Å². The minimum Gasteiger partial charge on any atom is -0.322 e. The molecule has 0 aromatic heterocycles. The van der Waals surface area contributed by atoms with Crippen molar-refractivity contribution < 1.29 is 8.78 Å². The van der Waals surface area contributed by atoms with Crippen molar-refractivity contribution in [3.8, 4) is 0 Å². The number of nitrogens with two attached hydrogens (primary N) is 1. The second-order valence-corrected chi connectivity index (χ2v) is 6.24. The first-order valence-corrected chi connectivity index (χ1v) is 7.36. The van der Waals surface area contributed by atoms with Crippen molar-refractivity contribution in [1.29, 1.82) is 0 Å². The first-order valence-electron chi connectivity index (χ1n) is 5.78. The van der Waals surface area contributed by atoms with Crippen molar-refractivity contribution in [2.45, 2.75) is 25.3 Å². The molecule has 0 saturated heterocycles. The molecule has 0 spiro atoms. The molecule has 0 aliphatic carbocycles. The van der Waals surface area contributed by atoms with Crippen molar-refractivity contribution in [3.05, 3.63) is 45.6 Å². The van der Waals surface area contributed by atoms with Gasteiger partial charge in [0.2, 0.25) is 0 Å². The zero-order valence-electron chi connectivity index (χ0n) is 9.97. The number of halogens is 4. The van der Waals surface area contributed by atoms with Gasteiger partial charge in [-0.25, -0.2) is 13.8 Å². The van der Waals surface area contributed by atoms with Crippen LogP contribution in [0.3, 0.4) is 0 Å². The van der Waals surface area contributed by atoms with Crippen LogP contribution in [0.2, 0.25) is 0 Å². The van der Waals surface area contributed by atoms with Gasteiger partial charge >= 0.3 is 0 Å². The molecule has 0 amide bonds. The highest BCUT2D eigenvalue weighted by Gasteiger charge is 2.18. The number of aliphatic imine (C=N–C) groups is 1. The number of hydrogen-bond donors (Lipinski definition) is 1. The van der Waals surface area contributed by atoms with E-state index in [1.165, 1.54) is 12.1 Å². The Balaban J connectivity index is 2.19. The summed E-state index contributed by atoms with van der Waals surface area (Å²) < 4.78 is 28.0. The third-order valence-corrected chi connectivity index (χ3v) is 4.18. The van der Waals surface area contributed by atoms with Crippen molar-refractivity contribution in [3.63, 3.8) is 0 Å². The van der Waals surface area contributed by atoms with E-state index >= 15 is 0 Å². The Morgan fingerprint density at radius 1 is 1.16 bits per heavy atom. The normalized spacial score (nSPS) is 17.4. The molecule has 102 valence electrons. The van der Waals surface area contributed by atoms with E-state index in [1.54, 1.807) is 0 Å². The fourth-order valence-corrected chi connectivity index (χ4v) is 2.92. The van der Waals surface area contributed by atoms with Gasteiger partial charge in [0.25, 0.3) is 0 Å². The van der Waals surface area contributed by atoms with Gasteiger partial charge in [0.15, 0.2) is 0 Å². The zero-order chi connectivity index (χ0) is 14.0. The second-order valence-electron chi connectivity index (χ2n) is 4.37. The van der Waals surface area contributed by atoms with Gasteiger partial charge in [-0.3, -0.25) is 0 Å². The lowest BCUT2D eigenvalue weighted by Crippen LogP contribution is -2.27. The Labute approximate surface area is 127 Å². The molecule has 1 heterocycles. The van der Waals surface area contributed by atoms with Crippen LogP contribution in [0, 0.1) is 11.6 Å². The maximum Gasteiger partial charge on any atom is 0.126 e. The Hall–Kier alpha value is -0.590. The van der Waals surface area contributed by atoms with Gasteiger partial charge in [-0.2, -0.15) is 0 Å². The van der Waals surface area contributed by atoms with Gasteiger partial charge in [0.1, 0.15) is 11.6 Å². The van der Waals surface area contributed by atoms with E-state index in [-0.39, 0.29) is 0 Å². The maximum absolute atomic E-state index is 13.1. The molecule has 0 unspecified atom stereocenters. The molecule has 1 aliphatic rings. The first-order chi connectivity index (χ1) is 8.95. The van der Waals surface area contributed by atoms with Gasteiger partial charge in [-0.15, -0.1) is 0 Å². The molecule has 1 aromatic carbocycles. The van der Waals surface area contributed by atoms with Gasteiger partial charge in [-0.1, -0.05) is 15.9 Å². The Morgan fingerprint density at radius 3 is 2.42 bits per heavy atom. The average Bonchev–Trinajstić information content (AvgIpc) is 2.30. The van der Waals surface area contributed by atoms with Crippen LogP contribution in [0.5, 0.6) is 0 Å². The van der Waals surface area contributed by atoms with Crippen LogP contribution < -0.4 is 5.73 Å². The van der Waals surface area contributed by atoms with Crippen LogP contribution >= 0.6 is 31.9 Å². The summed E-state index contributed by atoms with van der Waals surface area (Å²) in [4.78, 5) is 4.36. The number of allylic oxidation sites excluding steroid dienone is 1. The molecule has 2 rings (SSSR count). The van der Waals surface area contributed by atoms with E-state index in [0.717, 1.165) is 33.7 Å². The Morgan fingerprint density at radius 2 is 1.79 bits per heavy atom. The minimum absolute atomic E-state index is 0.336. The predicted octanol–water partition coefficient (Wildman–Crippen LogP) is 4.03. The predicted molar refractivity (Wildman–Crippen MR) is 79.6 cm³/mol. The number of benzene rings is 1. The fraction of sp³-hybridized carbons (Fsp3) is 0.308. The molecule has 0 fully saturated rings. The molecule has 1 aliphatic heterocycles. The minimum atomic E-state index is -0.594. The average molecular weight is 394 g/mol. The number of rotatable bonds is 3. The number of hydrogen-bond acceptors (Lipinski definition) is 2. The third-order valence-electron chi connectivity index (χ3n) is 2.80. The molecule has 1 aromatic rings. The summed E-state index contributed by atoms with van der Waals surface area (Å²) in [5.41, 5.74) is 7.32. The largest absolute Gasteiger partial charge is 0.322 e. The monoisotopic (exact) mass is 392 g/mol. The third kappa shape index (κ3) is 3.94. The summed E-state index contributed by atoms with van der Waals surface area (Å²) in [5, 5.41) is 0. The highest BCUT2D eigenvalue weighted by molar-refractivity contribution is 9.18. The molecular weight excluding hydrogens is 382 g/mol. The molecule has 2 nitrogen and oxygen atoms in total. The molecule has 0 saturated carbocycles. The van der Waals surface area contributed by atoms with Gasteiger partial charge in [-0.05, 0) is 46.5 Å². The quantitative estimate of drug-likeness (QED) is 0.827. The summed E-state index contributed by atoms with van der Waals surface area (Å²) in [5.74, 6) is -1.19. The van der Waals surface area contributed by atoms with E-state index in [2.05, 4.69) is 36.9 Å². The summed E-state index contributed by atoms with van der Waals surface area (Å²) in [6, 6.07) is 3.03. The first kappa shape index (κ1) is 14.8. The van der Waals surface area contributed by atoms with Gasteiger partial charge in [0.05, 0.1) is 16.4 Å². The van der Waals surface area contributed by atoms with E-state index in [0.29, 0.717) is 12.0 Å². The standard InChI is InChI=1S/C13H12Br2F2N2/c14-10-1-2-12(15)19-13(10)11(18)5-7-3-8(16)6-9(17)4-7/h3-4,6,11H,1-2,5,18H2/t11-/m0/s1. The van der Waals surface area contributed by atoms with Crippen LogP contribution in [0.25, 0.3) is 0 Å². The SMILES string of the molecule is N[C@@H](Cc1cc(F)cc(F)c1)C1=C(Br)CCC(Br)=N1. The van der Waals surface area contributed by atoms with Crippen LogP contribution in [0.4, 0.5) is 8.78 Å². The Kier molecular flexibility index (Phi) is 4.86. The van der Waals surface area contributed by atoms with E-state index < -0.39 is 17.7 Å². The lowest BCUT2D eigenvalue weighted by atomic mass is 10.0. The van der Waals surface area contributed by atoms with E-state index in [1.807, 2.05) is 0 Å². The van der Waals surface area contributed by atoms with Crippen LogP contribution in [-0.4, -0.2) is 10.7 Å². The molecule has 6 heteroatoms. The van der Waals surface area contributed by atoms with Crippen molar-refractivity contribution in [2.75, 3.05) is 0 Å². The number of nitrogens with zero attached hydrogens (tertiary/aromatic N) is 1. The molecule has 0 radical (unpaired) electrons. The molecule has 1 atom stereocenters. The molecule has 2 N–H and O–H groups in total. The highest BCUT2D eigenvalue weighted by Crippen LogP contribution is 2.28. The fourth-order valence-electron chi connectivity index (χ4n) is 1.95. The smallest absolute Gasteiger partial charge is 0.126 e. The second kappa shape index (κ2) is 6.24. The molecule has 0 bridgehead atoms.